The Kier molecular flexibility index (Phi) is 28.6. The number of hydrogen-bond acceptors (Lipinski definition) is 9. The summed E-state index contributed by atoms with van der Waals surface area (Å²) < 4.78 is 32.3. The second kappa shape index (κ2) is 30.1. The van der Waals surface area contributed by atoms with Crippen LogP contribution in [0.3, 0.4) is 0 Å². The van der Waals surface area contributed by atoms with E-state index in [0.717, 1.165) is 70.6 Å². The van der Waals surface area contributed by atoms with Crippen molar-refractivity contribution in [3.63, 3.8) is 0 Å². The van der Waals surface area contributed by atoms with Crippen molar-refractivity contribution in [2.45, 2.75) is 142 Å². The largest absolute Gasteiger partial charge is 0.480 e. The number of carboxylic acid groups (broad SMARTS) is 1. The average molecular weight is 674 g/mol. The van der Waals surface area contributed by atoms with Crippen molar-refractivity contribution in [1.82, 2.24) is 0 Å². The molecule has 12 heteroatoms. The molecule has 0 bridgehead atoms. The molecule has 0 saturated carbocycles. The lowest BCUT2D eigenvalue weighted by Crippen LogP contribution is -2.34. The van der Waals surface area contributed by atoms with Crippen LogP contribution in [0.25, 0.3) is 0 Å². The minimum absolute atomic E-state index is 0.142. The Hall–Kier alpha value is -2.30. The zero-order valence-electron chi connectivity index (χ0n) is 28.2. The zero-order chi connectivity index (χ0) is 34.3. The first-order chi connectivity index (χ1) is 22.1. The highest BCUT2D eigenvalue weighted by atomic mass is 31.2. The molecule has 0 aromatic rings. The number of aliphatic carboxylic acids is 1. The lowest BCUT2D eigenvalue weighted by Gasteiger charge is -2.20. The number of carboxylic acids is 1. The van der Waals surface area contributed by atoms with E-state index in [1.165, 1.54) is 19.3 Å². The molecule has 0 amide bonds. The highest BCUT2D eigenvalue weighted by Gasteiger charge is 2.28. The Morgan fingerprint density at radius 1 is 0.696 bits per heavy atom. The van der Waals surface area contributed by atoms with E-state index in [9.17, 15) is 23.8 Å². The molecule has 0 heterocycles. The average Bonchev–Trinajstić information content (AvgIpc) is 3.02. The Morgan fingerprint density at radius 2 is 1.22 bits per heavy atom. The van der Waals surface area contributed by atoms with E-state index < -0.39 is 51.1 Å². The Labute approximate surface area is 276 Å². The SMILES string of the molecule is CC/C=C\C/C=C\C/C=C\CCCCCCCC(=O)OC(COC(=O)CCCCCCCCC)COP(=O)(O)OCC(N)C(=O)O. The fourth-order valence-corrected chi connectivity index (χ4v) is 4.97. The fourth-order valence-electron chi connectivity index (χ4n) is 4.19. The van der Waals surface area contributed by atoms with Gasteiger partial charge in [0.2, 0.25) is 0 Å². The Morgan fingerprint density at radius 3 is 1.83 bits per heavy atom. The summed E-state index contributed by atoms with van der Waals surface area (Å²) in [6, 6.07) is -1.52. The number of nitrogens with two attached hydrogens (primary N) is 1. The highest BCUT2D eigenvalue weighted by Crippen LogP contribution is 2.43. The van der Waals surface area contributed by atoms with E-state index in [1.807, 2.05) is 0 Å². The molecule has 0 aliphatic rings. The highest BCUT2D eigenvalue weighted by molar-refractivity contribution is 7.47. The summed E-state index contributed by atoms with van der Waals surface area (Å²) in [6.07, 6.45) is 28.2. The summed E-state index contributed by atoms with van der Waals surface area (Å²) in [7, 11) is -4.70. The number of rotatable bonds is 31. The maximum Gasteiger partial charge on any atom is 0.472 e. The topological polar surface area (TPSA) is 172 Å². The summed E-state index contributed by atoms with van der Waals surface area (Å²) in [5.74, 6) is -2.41. The molecule has 0 spiro atoms. The monoisotopic (exact) mass is 673 g/mol. The molecule has 4 N–H and O–H groups in total. The fraction of sp³-hybridized carbons (Fsp3) is 0.735. The number of hydrogen-bond donors (Lipinski definition) is 3. The van der Waals surface area contributed by atoms with Crippen molar-refractivity contribution >= 4 is 25.7 Å². The first kappa shape index (κ1) is 43.7. The smallest absolute Gasteiger partial charge is 0.472 e. The Balaban J connectivity index is 4.50. The molecule has 0 saturated heterocycles. The van der Waals surface area contributed by atoms with Gasteiger partial charge in [-0.05, 0) is 44.9 Å². The molecule has 11 nitrogen and oxygen atoms in total. The van der Waals surface area contributed by atoms with Crippen molar-refractivity contribution in [3.05, 3.63) is 36.5 Å². The summed E-state index contributed by atoms with van der Waals surface area (Å²) >= 11 is 0. The van der Waals surface area contributed by atoms with E-state index in [1.54, 1.807) is 0 Å². The molecule has 0 aromatic heterocycles. The summed E-state index contributed by atoms with van der Waals surface area (Å²) in [5, 5.41) is 8.82. The first-order valence-corrected chi connectivity index (χ1v) is 18.5. The summed E-state index contributed by atoms with van der Waals surface area (Å²) in [6.45, 7) is 2.58. The van der Waals surface area contributed by atoms with Gasteiger partial charge in [0.05, 0.1) is 13.2 Å². The minimum atomic E-state index is -4.70. The maximum absolute atomic E-state index is 12.5. The predicted octanol–water partition coefficient (Wildman–Crippen LogP) is 7.72. The van der Waals surface area contributed by atoms with Crippen molar-refractivity contribution in [1.29, 1.82) is 0 Å². The third-order valence-corrected chi connectivity index (χ3v) is 7.85. The van der Waals surface area contributed by atoms with Gasteiger partial charge >= 0.3 is 25.7 Å². The lowest BCUT2D eigenvalue weighted by molar-refractivity contribution is -0.161. The van der Waals surface area contributed by atoms with Crippen LogP contribution in [-0.2, 0) is 37.5 Å². The van der Waals surface area contributed by atoms with Gasteiger partial charge in [-0.1, -0.05) is 108 Å². The van der Waals surface area contributed by atoms with E-state index in [2.05, 4.69) is 54.8 Å². The van der Waals surface area contributed by atoms with Crippen LogP contribution in [0.4, 0.5) is 0 Å². The van der Waals surface area contributed by atoms with E-state index in [-0.39, 0.29) is 19.4 Å². The maximum atomic E-state index is 12.5. The number of esters is 2. The number of unbranched alkanes of at least 4 members (excludes halogenated alkanes) is 11. The molecule has 46 heavy (non-hydrogen) atoms. The zero-order valence-corrected chi connectivity index (χ0v) is 29.0. The van der Waals surface area contributed by atoms with Gasteiger partial charge in [-0.3, -0.25) is 23.4 Å². The minimum Gasteiger partial charge on any atom is -0.480 e. The Bertz CT molecular complexity index is 937. The number of carbonyl (C=O) groups is 3. The van der Waals surface area contributed by atoms with Crippen LogP contribution in [0.2, 0.25) is 0 Å². The van der Waals surface area contributed by atoms with Crippen molar-refractivity contribution in [2.24, 2.45) is 5.73 Å². The van der Waals surface area contributed by atoms with Crippen LogP contribution in [0, 0.1) is 0 Å². The van der Waals surface area contributed by atoms with E-state index in [0.29, 0.717) is 12.8 Å². The molecule has 0 fully saturated rings. The quantitative estimate of drug-likeness (QED) is 0.0285. The van der Waals surface area contributed by atoms with Gasteiger partial charge in [0.1, 0.15) is 12.6 Å². The van der Waals surface area contributed by atoms with Gasteiger partial charge in [0.25, 0.3) is 0 Å². The van der Waals surface area contributed by atoms with Gasteiger partial charge in [-0.15, -0.1) is 0 Å². The van der Waals surface area contributed by atoms with Crippen LogP contribution < -0.4 is 5.73 Å². The molecular formula is C34H60NO10P. The lowest BCUT2D eigenvalue weighted by atomic mass is 10.1. The van der Waals surface area contributed by atoms with E-state index >= 15 is 0 Å². The molecule has 0 radical (unpaired) electrons. The normalized spacial score (nSPS) is 14.5. The van der Waals surface area contributed by atoms with Crippen LogP contribution in [0.15, 0.2) is 36.5 Å². The standard InChI is InChI=1S/C34H60NO10P/c1-3-5-7-9-11-12-13-14-15-16-17-18-20-22-24-26-33(37)45-30(28-43-46(40,41)44-29-31(35)34(38)39)27-42-32(36)25-23-21-19-10-8-6-4-2/h5,7,11-12,14-15,30-31H,3-4,6,8-10,13,16-29,35H2,1-2H3,(H,38,39)(H,40,41)/b7-5-,12-11-,15-14-. The van der Waals surface area contributed by atoms with Gasteiger partial charge in [0.15, 0.2) is 6.10 Å². The molecule has 3 atom stereocenters. The third-order valence-electron chi connectivity index (χ3n) is 6.90. The van der Waals surface area contributed by atoms with Crippen LogP contribution >= 0.6 is 7.82 Å². The third kappa shape index (κ3) is 29.1. The number of allylic oxidation sites excluding steroid dienone is 6. The van der Waals surface area contributed by atoms with Crippen molar-refractivity contribution in [3.8, 4) is 0 Å². The summed E-state index contributed by atoms with van der Waals surface area (Å²) in [5.41, 5.74) is 5.29. The van der Waals surface area contributed by atoms with Crippen LogP contribution in [-0.4, -0.2) is 59.9 Å². The number of carbonyl (C=O) groups excluding carboxylic acids is 2. The van der Waals surface area contributed by atoms with Gasteiger partial charge < -0.3 is 25.2 Å². The molecule has 0 aromatic carbocycles. The van der Waals surface area contributed by atoms with Gasteiger partial charge in [0, 0.05) is 12.8 Å². The van der Waals surface area contributed by atoms with Crippen molar-refractivity contribution < 1.29 is 47.5 Å². The van der Waals surface area contributed by atoms with Crippen LogP contribution in [0.5, 0.6) is 0 Å². The number of phosphoric ester groups is 1. The summed E-state index contributed by atoms with van der Waals surface area (Å²) in [4.78, 5) is 45.4. The number of phosphoric acid groups is 1. The van der Waals surface area contributed by atoms with Crippen molar-refractivity contribution in [2.75, 3.05) is 19.8 Å². The van der Waals surface area contributed by atoms with Crippen LogP contribution in [0.1, 0.15) is 129 Å². The van der Waals surface area contributed by atoms with Gasteiger partial charge in [-0.25, -0.2) is 4.57 Å². The molecule has 0 aliphatic heterocycles. The number of ether oxygens (including phenoxy) is 2. The van der Waals surface area contributed by atoms with E-state index in [4.69, 9.17) is 24.8 Å². The predicted molar refractivity (Wildman–Crippen MR) is 180 cm³/mol. The molecule has 3 unspecified atom stereocenters. The second-order valence-corrected chi connectivity index (χ2v) is 12.7. The van der Waals surface area contributed by atoms with Gasteiger partial charge in [-0.2, -0.15) is 0 Å². The molecular weight excluding hydrogens is 613 g/mol. The molecule has 0 rings (SSSR count). The second-order valence-electron chi connectivity index (χ2n) is 11.3. The molecule has 266 valence electrons. The first-order valence-electron chi connectivity index (χ1n) is 17.0. The molecule has 0 aliphatic carbocycles.